The monoisotopic (exact) mass is 416 g/mol. The minimum absolute atomic E-state index is 0.0706. The van der Waals surface area contributed by atoms with E-state index in [4.69, 9.17) is 16.3 Å². The standard InChI is InChI=1S/C21H15ClF2N2O3/c1-2-29-21(28)19-16(10-12-6-8-13(22)9-7-12)25-20(26-17(19)11-27)18-14(23)4-3-5-15(18)24/h3-9,11H,2,10H2,1H3. The van der Waals surface area contributed by atoms with E-state index >= 15 is 0 Å². The summed E-state index contributed by atoms with van der Waals surface area (Å²) in [6, 6.07) is 10.0. The molecule has 8 heteroatoms. The average molecular weight is 417 g/mol. The van der Waals surface area contributed by atoms with Crippen LogP contribution in [-0.2, 0) is 11.2 Å². The van der Waals surface area contributed by atoms with Gasteiger partial charge < -0.3 is 4.74 Å². The van der Waals surface area contributed by atoms with Crippen LogP contribution in [0.1, 0.15) is 39.0 Å². The highest BCUT2D eigenvalue weighted by Gasteiger charge is 2.24. The minimum atomic E-state index is -0.886. The van der Waals surface area contributed by atoms with Crippen LogP contribution in [0.4, 0.5) is 8.78 Å². The number of benzene rings is 2. The molecule has 0 bridgehead atoms. The summed E-state index contributed by atoms with van der Waals surface area (Å²) in [7, 11) is 0. The average Bonchev–Trinajstić information content (AvgIpc) is 2.69. The Hall–Kier alpha value is -3.19. The lowest BCUT2D eigenvalue weighted by molar-refractivity contribution is 0.0521. The highest BCUT2D eigenvalue weighted by Crippen LogP contribution is 2.26. The van der Waals surface area contributed by atoms with Crippen LogP contribution in [0.2, 0.25) is 5.02 Å². The fraction of sp³-hybridized carbons (Fsp3) is 0.143. The maximum Gasteiger partial charge on any atom is 0.342 e. The molecule has 0 unspecified atom stereocenters. The molecule has 3 rings (SSSR count). The van der Waals surface area contributed by atoms with E-state index in [1.54, 1.807) is 31.2 Å². The lowest BCUT2D eigenvalue weighted by Crippen LogP contribution is -2.16. The molecular weight excluding hydrogens is 402 g/mol. The summed E-state index contributed by atoms with van der Waals surface area (Å²) in [5, 5.41) is 0.518. The van der Waals surface area contributed by atoms with Crippen molar-refractivity contribution < 1.29 is 23.1 Å². The van der Waals surface area contributed by atoms with Crippen molar-refractivity contribution in [3.05, 3.63) is 81.6 Å². The van der Waals surface area contributed by atoms with Crippen LogP contribution in [0.5, 0.6) is 0 Å². The van der Waals surface area contributed by atoms with E-state index in [1.807, 2.05) is 0 Å². The highest BCUT2D eigenvalue weighted by molar-refractivity contribution is 6.30. The maximum absolute atomic E-state index is 14.2. The van der Waals surface area contributed by atoms with E-state index in [-0.39, 0.29) is 35.8 Å². The Morgan fingerprint density at radius 1 is 1.10 bits per heavy atom. The zero-order valence-electron chi connectivity index (χ0n) is 15.3. The number of hydrogen-bond acceptors (Lipinski definition) is 5. The molecule has 5 nitrogen and oxygen atoms in total. The number of rotatable bonds is 6. The Morgan fingerprint density at radius 3 is 2.34 bits per heavy atom. The second kappa shape index (κ2) is 8.87. The van der Waals surface area contributed by atoms with Crippen LogP contribution in [0.15, 0.2) is 42.5 Å². The van der Waals surface area contributed by atoms with E-state index < -0.39 is 23.2 Å². The molecular formula is C21H15ClF2N2O3. The van der Waals surface area contributed by atoms with Gasteiger partial charge in [-0.1, -0.05) is 29.8 Å². The molecule has 0 aliphatic carbocycles. The molecule has 1 aromatic heterocycles. The summed E-state index contributed by atoms with van der Waals surface area (Å²) >= 11 is 5.90. The fourth-order valence-corrected chi connectivity index (χ4v) is 2.91. The van der Waals surface area contributed by atoms with Gasteiger partial charge in [-0.2, -0.15) is 0 Å². The molecule has 148 valence electrons. The predicted molar refractivity (Wildman–Crippen MR) is 103 cm³/mol. The normalized spacial score (nSPS) is 10.6. The lowest BCUT2D eigenvalue weighted by Gasteiger charge is -2.13. The molecule has 3 aromatic rings. The molecule has 0 amide bonds. The topological polar surface area (TPSA) is 69.2 Å². The number of nitrogens with zero attached hydrogens (tertiary/aromatic N) is 2. The van der Waals surface area contributed by atoms with Crippen molar-refractivity contribution in [3.63, 3.8) is 0 Å². The Morgan fingerprint density at radius 2 is 1.76 bits per heavy atom. The van der Waals surface area contributed by atoms with Crippen molar-refractivity contribution in [3.8, 4) is 11.4 Å². The predicted octanol–water partition coefficient (Wildman–Crippen LogP) is 4.66. The van der Waals surface area contributed by atoms with E-state index in [2.05, 4.69) is 9.97 Å². The molecule has 0 fully saturated rings. The zero-order valence-corrected chi connectivity index (χ0v) is 16.0. The van der Waals surface area contributed by atoms with Crippen molar-refractivity contribution in [2.75, 3.05) is 6.61 Å². The third kappa shape index (κ3) is 4.46. The van der Waals surface area contributed by atoms with E-state index in [0.717, 1.165) is 17.7 Å². The first-order valence-electron chi connectivity index (χ1n) is 8.66. The second-order valence-electron chi connectivity index (χ2n) is 5.99. The minimum Gasteiger partial charge on any atom is -0.462 e. The van der Waals surface area contributed by atoms with Gasteiger partial charge >= 0.3 is 5.97 Å². The Labute approximate surface area is 170 Å². The van der Waals surface area contributed by atoms with E-state index in [0.29, 0.717) is 11.3 Å². The number of ether oxygens (including phenoxy) is 1. The summed E-state index contributed by atoms with van der Waals surface area (Å²) in [4.78, 5) is 32.2. The second-order valence-corrected chi connectivity index (χ2v) is 6.43. The summed E-state index contributed by atoms with van der Waals surface area (Å²) < 4.78 is 33.5. The molecule has 0 spiro atoms. The van der Waals surface area contributed by atoms with Gasteiger partial charge in [0.1, 0.15) is 22.9 Å². The SMILES string of the molecule is CCOC(=O)c1c(C=O)nc(-c2c(F)cccc2F)nc1Cc1ccc(Cl)cc1. The Kier molecular flexibility index (Phi) is 6.29. The van der Waals surface area contributed by atoms with Crippen LogP contribution < -0.4 is 0 Å². The van der Waals surface area contributed by atoms with Crippen LogP contribution in [0.25, 0.3) is 11.4 Å². The van der Waals surface area contributed by atoms with Gasteiger partial charge in [0.05, 0.1) is 17.9 Å². The fourth-order valence-electron chi connectivity index (χ4n) is 2.78. The van der Waals surface area contributed by atoms with Gasteiger partial charge in [-0.3, -0.25) is 4.79 Å². The van der Waals surface area contributed by atoms with Crippen molar-refractivity contribution in [1.82, 2.24) is 9.97 Å². The van der Waals surface area contributed by atoms with Gasteiger partial charge in [-0.15, -0.1) is 0 Å². The molecule has 1 heterocycles. The van der Waals surface area contributed by atoms with Crippen molar-refractivity contribution in [2.45, 2.75) is 13.3 Å². The first-order chi connectivity index (χ1) is 13.9. The maximum atomic E-state index is 14.2. The van der Waals surface area contributed by atoms with E-state index in [1.165, 1.54) is 6.07 Å². The van der Waals surface area contributed by atoms with Gasteiger partial charge in [0, 0.05) is 11.4 Å². The summed E-state index contributed by atoms with van der Waals surface area (Å²) in [5.41, 5.74) is -0.100. The number of aldehydes is 1. The van der Waals surface area contributed by atoms with Gasteiger partial charge in [0.15, 0.2) is 12.1 Å². The Bertz CT molecular complexity index is 1050. The van der Waals surface area contributed by atoms with Crippen LogP contribution in [0, 0.1) is 11.6 Å². The molecule has 0 radical (unpaired) electrons. The first-order valence-corrected chi connectivity index (χ1v) is 9.04. The number of halogens is 3. The summed E-state index contributed by atoms with van der Waals surface area (Å²) in [6.07, 6.45) is 0.430. The molecule has 0 atom stereocenters. The largest absolute Gasteiger partial charge is 0.462 e. The third-order valence-corrected chi connectivity index (χ3v) is 4.33. The lowest BCUT2D eigenvalue weighted by atomic mass is 10.0. The quantitative estimate of drug-likeness (QED) is 0.432. The summed E-state index contributed by atoms with van der Waals surface area (Å²) in [5.74, 6) is -2.90. The van der Waals surface area contributed by atoms with Crippen LogP contribution in [0.3, 0.4) is 0 Å². The van der Waals surface area contributed by atoms with Crippen molar-refractivity contribution in [1.29, 1.82) is 0 Å². The Balaban J connectivity index is 2.22. The first kappa shape index (κ1) is 20.5. The highest BCUT2D eigenvalue weighted by atomic mass is 35.5. The van der Waals surface area contributed by atoms with Gasteiger partial charge in [0.2, 0.25) is 0 Å². The molecule has 0 aliphatic heterocycles. The number of aromatic nitrogens is 2. The molecule has 29 heavy (non-hydrogen) atoms. The molecule has 2 aromatic carbocycles. The molecule has 0 saturated carbocycles. The van der Waals surface area contributed by atoms with Gasteiger partial charge in [-0.05, 0) is 36.8 Å². The smallest absolute Gasteiger partial charge is 0.342 e. The molecule has 0 N–H and O–H groups in total. The van der Waals surface area contributed by atoms with Gasteiger partial charge in [0.25, 0.3) is 0 Å². The zero-order chi connectivity index (χ0) is 21.0. The number of carbonyl (C=O) groups excluding carboxylic acids is 2. The molecule has 0 aliphatic rings. The third-order valence-electron chi connectivity index (χ3n) is 4.07. The summed E-state index contributed by atoms with van der Waals surface area (Å²) in [6.45, 7) is 1.68. The van der Waals surface area contributed by atoms with Crippen LogP contribution in [-0.4, -0.2) is 28.8 Å². The van der Waals surface area contributed by atoms with Gasteiger partial charge in [-0.25, -0.2) is 23.5 Å². The van der Waals surface area contributed by atoms with E-state index in [9.17, 15) is 18.4 Å². The number of carbonyl (C=O) groups is 2. The van der Waals surface area contributed by atoms with Crippen LogP contribution >= 0.6 is 11.6 Å². The molecule has 0 saturated heterocycles. The van der Waals surface area contributed by atoms with Crippen molar-refractivity contribution in [2.24, 2.45) is 0 Å². The number of hydrogen-bond donors (Lipinski definition) is 0. The van der Waals surface area contributed by atoms with Crippen molar-refractivity contribution >= 4 is 23.9 Å². The number of esters is 1.